The van der Waals surface area contributed by atoms with E-state index in [0.29, 0.717) is 16.8 Å². The first-order valence-corrected chi connectivity index (χ1v) is 7.62. The zero-order chi connectivity index (χ0) is 15.2. The lowest BCUT2D eigenvalue weighted by atomic mass is 10.2. The van der Waals surface area contributed by atoms with Crippen molar-refractivity contribution >= 4 is 32.4 Å². The monoisotopic (exact) mass is 306 g/mol. The minimum absolute atomic E-state index is 0.00880. The number of hydrogen-bond acceptors (Lipinski definition) is 5. The molecule has 4 N–H and O–H groups in total. The smallest absolute Gasteiger partial charge is 0.267 e. The van der Waals surface area contributed by atoms with Gasteiger partial charge < -0.3 is 5.73 Å². The molecule has 0 bridgehead atoms. The average molecular weight is 306 g/mol. The van der Waals surface area contributed by atoms with Crippen molar-refractivity contribution in [2.45, 2.75) is 11.8 Å². The van der Waals surface area contributed by atoms with Crippen LogP contribution < -0.4 is 10.5 Å². The third kappa shape index (κ3) is 2.11. The van der Waals surface area contributed by atoms with Crippen LogP contribution in [-0.4, -0.2) is 28.4 Å². The van der Waals surface area contributed by atoms with Crippen molar-refractivity contribution in [2.24, 2.45) is 7.05 Å². The highest BCUT2D eigenvalue weighted by Gasteiger charge is 2.25. The molecular weight excluding hydrogens is 292 g/mol. The molecule has 0 aliphatic rings. The Morgan fingerprint density at radius 1 is 1.38 bits per heavy atom. The summed E-state index contributed by atoms with van der Waals surface area (Å²) in [7, 11) is -2.18. The molecule has 2 heterocycles. The van der Waals surface area contributed by atoms with Crippen LogP contribution in [0.15, 0.2) is 29.3 Å². The molecular formula is C12H14N6O2S. The van der Waals surface area contributed by atoms with Crippen LogP contribution in [0.4, 0.5) is 11.5 Å². The van der Waals surface area contributed by atoms with Gasteiger partial charge in [-0.25, -0.2) is 8.42 Å². The van der Waals surface area contributed by atoms with Crippen molar-refractivity contribution in [3.8, 4) is 0 Å². The fourth-order valence-corrected chi connectivity index (χ4v) is 3.61. The first-order chi connectivity index (χ1) is 9.90. The summed E-state index contributed by atoms with van der Waals surface area (Å²) in [6.07, 6.45) is 1.56. The third-order valence-corrected chi connectivity index (χ3v) is 4.83. The Morgan fingerprint density at radius 3 is 2.81 bits per heavy atom. The van der Waals surface area contributed by atoms with Gasteiger partial charge in [0.2, 0.25) is 0 Å². The van der Waals surface area contributed by atoms with Gasteiger partial charge in [0, 0.05) is 12.4 Å². The van der Waals surface area contributed by atoms with Gasteiger partial charge in [-0.1, -0.05) is 6.07 Å². The molecule has 0 saturated heterocycles. The quantitative estimate of drug-likeness (QED) is 0.666. The topological polar surface area (TPSA) is 119 Å². The van der Waals surface area contributed by atoms with Gasteiger partial charge in [0.15, 0.2) is 10.7 Å². The van der Waals surface area contributed by atoms with Crippen LogP contribution in [0, 0.1) is 6.92 Å². The van der Waals surface area contributed by atoms with Gasteiger partial charge >= 0.3 is 0 Å². The van der Waals surface area contributed by atoms with Crippen LogP contribution in [0.1, 0.15) is 5.69 Å². The molecule has 110 valence electrons. The largest absolute Gasteiger partial charge is 0.381 e. The Balaban J connectivity index is 2.10. The summed E-state index contributed by atoms with van der Waals surface area (Å²) < 4.78 is 29.1. The Labute approximate surface area is 121 Å². The van der Waals surface area contributed by atoms with Gasteiger partial charge in [-0.05, 0) is 19.1 Å². The highest BCUT2D eigenvalue weighted by Crippen LogP contribution is 2.27. The molecule has 0 amide bonds. The number of fused-ring (bicyclic) bond motifs is 1. The number of hydrogen-bond donors (Lipinski definition) is 3. The fraction of sp³-hybridized carbons (Fsp3) is 0.167. The lowest BCUT2D eigenvalue weighted by Gasteiger charge is -2.09. The number of nitrogens with zero attached hydrogens (tertiary/aromatic N) is 3. The van der Waals surface area contributed by atoms with Gasteiger partial charge in [0.05, 0.1) is 23.1 Å². The van der Waals surface area contributed by atoms with Crippen molar-refractivity contribution in [2.75, 3.05) is 10.5 Å². The summed E-state index contributed by atoms with van der Waals surface area (Å²) in [6.45, 7) is 1.65. The van der Waals surface area contributed by atoms with E-state index in [9.17, 15) is 8.42 Å². The molecule has 0 aliphatic heterocycles. The number of nitrogen functional groups attached to an aromatic ring is 1. The number of anilines is 2. The minimum Gasteiger partial charge on any atom is -0.381 e. The number of aromatic amines is 1. The Hall–Kier alpha value is -2.55. The molecule has 0 fully saturated rings. The normalized spacial score (nSPS) is 11.9. The average Bonchev–Trinajstić information content (AvgIpc) is 2.95. The van der Waals surface area contributed by atoms with E-state index in [0.717, 1.165) is 5.52 Å². The third-order valence-electron chi connectivity index (χ3n) is 3.30. The summed E-state index contributed by atoms with van der Waals surface area (Å²) in [5.74, 6) is -0.0260. The SMILES string of the molecule is Cc1c(S(=O)(=O)Nc2cccc3[nH]ncc23)c(N)nn1C. The van der Waals surface area contributed by atoms with Crippen molar-refractivity contribution in [1.29, 1.82) is 0 Å². The molecule has 3 rings (SSSR count). The zero-order valence-electron chi connectivity index (χ0n) is 11.5. The van der Waals surface area contributed by atoms with Gasteiger partial charge in [-0.3, -0.25) is 14.5 Å². The number of sulfonamides is 1. The number of benzene rings is 1. The van der Waals surface area contributed by atoms with E-state index in [-0.39, 0.29) is 10.7 Å². The van der Waals surface area contributed by atoms with E-state index >= 15 is 0 Å². The second kappa shape index (κ2) is 4.48. The van der Waals surface area contributed by atoms with Gasteiger partial charge in [-0.15, -0.1) is 0 Å². The molecule has 0 aliphatic carbocycles. The van der Waals surface area contributed by atoms with Crippen LogP contribution in [0.3, 0.4) is 0 Å². The number of H-pyrrole nitrogens is 1. The summed E-state index contributed by atoms with van der Waals surface area (Å²) in [6, 6.07) is 5.21. The van der Waals surface area contributed by atoms with E-state index in [1.165, 1.54) is 4.68 Å². The molecule has 0 spiro atoms. The van der Waals surface area contributed by atoms with Crippen LogP contribution in [0.2, 0.25) is 0 Å². The molecule has 9 heteroatoms. The Morgan fingerprint density at radius 2 is 2.14 bits per heavy atom. The summed E-state index contributed by atoms with van der Waals surface area (Å²) in [4.78, 5) is -0.00880. The molecule has 1 aromatic carbocycles. The minimum atomic E-state index is -3.82. The molecule has 8 nitrogen and oxygen atoms in total. The summed E-state index contributed by atoms with van der Waals surface area (Å²) >= 11 is 0. The maximum Gasteiger partial charge on any atom is 0.267 e. The van der Waals surface area contributed by atoms with Gasteiger partial charge in [-0.2, -0.15) is 10.2 Å². The summed E-state index contributed by atoms with van der Waals surface area (Å²) in [5, 5.41) is 11.3. The van der Waals surface area contributed by atoms with Crippen molar-refractivity contribution in [1.82, 2.24) is 20.0 Å². The van der Waals surface area contributed by atoms with E-state index < -0.39 is 10.0 Å². The second-order valence-electron chi connectivity index (χ2n) is 4.67. The highest BCUT2D eigenvalue weighted by molar-refractivity contribution is 7.93. The first kappa shape index (κ1) is 13.4. The van der Waals surface area contributed by atoms with Crippen molar-refractivity contribution in [3.05, 3.63) is 30.1 Å². The Bertz CT molecular complexity index is 925. The zero-order valence-corrected chi connectivity index (χ0v) is 12.3. The predicted octanol–water partition coefficient (Wildman–Crippen LogP) is 0.988. The second-order valence-corrected chi connectivity index (χ2v) is 6.28. The predicted molar refractivity (Wildman–Crippen MR) is 79.3 cm³/mol. The molecule has 3 aromatic rings. The molecule has 0 radical (unpaired) electrons. The van der Waals surface area contributed by atoms with Crippen LogP contribution in [0.5, 0.6) is 0 Å². The standard InChI is InChI=1S/C12H14N6O2S/c1-7-11(12(13)16-18(7)2)21(19,20)17-10-5-3-4-9-8(10)6-14-15-9/h3-6,17H,1-2H3,(H2,13,16)(H,14,15). The maximum absolute atomic E-state index is 12.5. The lowest BCUT2D eigenvalue weighted by molar-refractivity contribution is 0.600. The Kier molecular flexibility index (Phi) is 2.87. The number of nitrogens with two attached hydrogens (primary N) is 1. The van der Waals surface area contributed by atoms with Crippen LogP contribution >= 0.6 is 0 Å². The highest BCUT2D eigenvalue weighted by atomic mass is 32.2. The number of aromatic nitrogens is 4. The molecule has 21 heavy (non-hydrogen) atoms. The molecule has 0 saturated carbocycles. The molecule has 2 aromatic heterocycles. The number of nitrogens with one attached hydrogen (secondary N) is 2. The van der Waals surface area contributed by atoms with Gasteiger partial charge in [0.1, 0.15) is 0 Å². The van der Waals surface area contributed by atoms with Gasteiger partial charge in [0.25, 0.3) is 10.0 Å². The number of rotatable bonds is 3. The van der Waals surface area contributed by atoms with E-state index in [1.807, 2.05) is 6.07 Å². The van der Waals surface area contributed by atoms with Crippen molar-refractivity contribution in [3.63, 3.8) is 0 Å². The molecule has 0 unspecified atom stereocenters. The van der Waals surface area contributed by atoms with Crippen molar-refractivity contribution < 1.29 is 8.42 Å². The maximum atomic E-state index is 12.5. The molecule has 0 atom stereocenters. The van der Waals surface area contributed by atoms with E-state index in [2.05, 4.69) is 20.0 Å². The van der Waals surface area contributed by atoms with E-state index in [1.54, 1.807) is 32.3 Å². The summed E-state index contributed by atoms with van der Waals surface area (Å²) in [5.41, 5.74) is 7.35. The first-order valence-electron chi connectivity index (χ1n) is 6.14. The van der Waals surface area contributed by atoms with Crippen LogP contribution in [-0.2, 0) is 17.1 Å². The fourth-order valence-electron chi connectivity index (χ4n) is 2.20. The van der Waals surface area contributed by atoms with E-state index in [4.69, 9.17) is 5.73 Å². The number of aryl methyl sites for hydroxylation is 1. The van der Waals surface area contributed by atoms with Crippen LogP contribution in [0.25, 0.3) is 10.9 Å². The lowest BCUT2D eigenvalue weighted by Crippen LogP contribution is -2.15.